The molecule has 0 saturated carbocycles. The quantitative estimate of drug-likeness (QED) is 0.695. The van der Waals surface area contributed by atoms with Crippen LogP contribution in [0.3, 0.4) is 0 Å². The summed E-state index contributed by atoms with van der Waals surface area (Å²) in [4.78, 5) is 13.2. The highest BCUT2D eigenvalue weighted by molar-refractivity contribution is 7.98. The van der Waals surface area contributed by atoms with Crippen molar-refractivity contribution in [2.45, 2.75) is 30.1 Å². The predicted molar refractivity (Wildman–Crippen MR) is 107 cm³/mol. The molecule has 1 amide bonds. The Hall–Kier alpha value is -1.99. The molecule has 2 aromatic rings. The molecule has 26 heavy (non-hydrogen) atoms. The number of thioether (sulfide) groups is 1. The summed E-state index contributed by atoms with van der Waals surface area (Å²) >= 11 is 1.56. The van der Waals surface area contributed by atoms with Gasteiger partial charge < -0.3 is 5.32 Å². The lowest BCUT2D eigenvalue weighted by molar-refractivity contribution is 0.0953. The summed E-state index contributed by atoms with van der Waals surface area (Å²) in [5.74, 6) is -0.156. The Morgan fingerprint density at radius 1 is 1.04 bits per heavy atom. The standard InChI is InChI=1S/C19H24N2O3S2/c1-4-14-20-19(22)15-6-8-16(9-7-15)21(5-2)26(23,24)18-12-10-17(25-3)11-13-18/h6-13H,4-5,14H2,1-3H3,(H,20,22). The molecule has 0 aliphatic carbocycles. The summed E-state index contributed by atoms with van der Waals surface area (Å²) in [6.45, 7) is 4.69. The number of amides is 1. The molecule has 0 bridgehead atoms. The number of rotatable bonds is 8. The summed E-state index contributed by atoms with van der Waals surface area (Å²) in [5, 5.41) is 2.81. The summed E-state index contributed by atoms with van der Waals surface area (Å²) in [5.41, 5.74) is 1.05. The monoisotopic (exact) mass is 392 g/mol. The van der Waals surface area contributed by atoms with Gasteiger partial charge in [0.2, 0.25) is 0 Å². The molecule has 0 aliphatic heterocycles. The average Bonchev–Trinajstić information content (AvgIpc) is 2.67. The van der Waals surface area contributed by atoms with Crippen LogP contribution in [0.15, 0.2) is 58.3 Å². The van der Waals surface area contributed by atoms with Gasteiger partial charge in [0.15, 0.2) is 0 Å². The van der Waals surface area contributed by atoms with Gasteiger partial charge in [0, 0.05) is 23.5 Å². The lowest BCUT2D eigenvalue weighted by Gasteiger charge is -2.23. The molecule has 0 fully saturated rings. The van der Waals surface area contributed by atoms with Gasteiger partial charge in [0.25, 0.3) is 15.9 Å². The largest absolute Gasteiger partial charge is 0.352 e. The predicted octanol–water partition coefficient (Wildman–Crippen LogP) is 3.76. The summed E-state index contributed by atoms with van der Waals surface area (Å²) in [6, 6.07) is 13.5. The van der Waals surface area contributed by atoms with Crippen LogP contribution in [0.4, 0.5) is 5.69 Å². The lowest BCUT2D eigenvalue weighted by Crippen LogP contribution is -2.31. The van der Waals surface area contributed by atoms with Crippen molar-refractivity contribution >= 4 is 33.4 Å². The zero-order valence-corrected chi connectivity index (χ0v) is 16.9. The summed E-state index contributed by atoms with van der Waals surface area (Å²) < 4.78 is 27.3. The molecule has 0 spiro atoms. The van der Waals surface area contributed by atoms with Gasteiger partial charge in [-0.2, -0.15) is 0 Å². The highest BCUT2D eigenvalue weighted by Crippen LogP contribution is 2.25. The second-order valence-electron chi connectivity index (χ2n) is 5.65. The molecule has 0 atom stereocenters. The van der Waals surface area contributed by atoms with Gasteiger partial charge in [-0.05, 0) is 68.1 Å². The third-order valence-electron chi connectivity index (χ3n) is 3.89. The molecule has 7 heteroatoms. The molecule has 0 unspecified atom stereocenters. The first-order valence-electron chi connectivity index (χ1n) is 8.49. The Balaban J connectivity index is 2.27. The van der Waals surface area contributed by atoms with Gasteiger partial charge >= 0.3 is 0 Å². The van der Waals surface area contributed by atoms with Crippen LogP contribution in [0.2, 0.25) is 0 Å². The highest BCUT2D eigenvalue weighted by atomic mass is 32.2. The van der Waals surface area contributed by atoms with Crippen molar-refractivity contribution in [1.82, 2.24) is 5.32 Å². The fourth-order valence-electron chi connectivity index (χ4n) is 2.49. The summed E-state index contributed by atoms with van der Waals surface area (Å²) in [6.07, 6.45) is 2.81. The Labute approximate surface area is 159 Å². The van der Waals surface area contributed by atoms with E-state index in [4.69, 9.17) is 0 Å². The minimum absolute atomic E-state index is 0.156. The fourth-order valence-corrected chi connectivity index (χ4v) is 4.37. The lowest BCUT2D eigenvalue weighted by atomic mass is 10.2. The van der Waals surface area contributed by atoms with E-state index in [1.807, 2.05) is 13.2 Å². The van der Waals surface area contributed by atoms with Crippen molar-refractivity contribution in [2.75, 3.05) is 23.7 Å². The molecule has 0 heterocycles. The number of nitrogens with one attached hydrogen (secondary N) is 1. The third-order valence-corrected chi connectivity index (χ3v) is 6.55. The van der Waals surface area contributed by atoms with E-state index in [2.05, 4.69) is 5.32 Å². The minimum atomic E-state index is -3.65. The fraction of sp³-hybridized carbons (Fsp3) is 0.316. The third kappa shape index (κ3) is 4.59. The molecule has 140 valence electrons. The van der Waals surface area contributed by atoms with E-state index in [1.165, 1.54) is 4.31 Å². The van der Waals surface area contributed by atoms with Gasteiger partial charge in [-0.25, -0.2) is 8.42 Å². The van der Waals surface area contributed by atoms with Gasteiger partial charge in [0.1, 0.15) is 0 Å². The van der Waals surface area contributed by atoms with E-state index in [0.29, 0.717) is 24.3 Å². The van der Waals surface area contributed by atoms with Gasteiger partial charge in [-0.3, -0.25) is 9.10 Å². The number of benzene rings is 2. The van der Waals surface area contributed by atoms with E-state index >= 15 is 0 Å². The van der Waals surface area contributed by atoms with Crippen LogP contribution < -0.4 is 9.62 Å². The van der Waals surface area contributed by atoms with E-state index in [0.717, 1.165) is 11.3 Å². The van der Waals surface area contributed by atoms with Crippen LogP contribution in [0, 0.1) is 0 Å². The zero-order valence-electron chi connectivity index (χ0n) is 15.2. The average molecular weight is 393 g/mol. The van der Waals surface area contributed by atoms with Crippen LogP contribution in [0.1, 0.15) is 30.6 Å². The van der Waals surface area contributed by atoms with Crippen LogP contribution in [0.25, 0.3) is 0 Å². The molecule has 0 radical (unpaired) electrons. The Morgan fingerprint density at radius 2 is 1.65 bits per heavy atom. The highest BCUT2D eigenvalue weighted by Gasteiger charge is 2.23. The number of anilines is 1. The Morgan fingerprint density at radius 3 is 2.15 bits per heavy atom. The van der Waals surface area contributed by atoms with Gasteiger partial charge in [-0.15, -0.1) is 11.8 Å². The first kappa shape index (κ1) is 20.3. The second kappa shape index (κ2) is 9.09. The van der Waals surface area contributed by atoms with Crippen LogP contribution in [-0.2, 0) is 10.0 Å². The topological polar surface area (TPSA) is 66.5 Å². The van der Waals surface area contributed by atoms with Gasteiger partial charge in [0.05, 0.1) is 10.6 Å². The van der Waals surface area contributed by atoms with Crippen molar-refractivity contribution in [3.8, 4) is 0 Å². The SMILES string of the molecule is CCCNC(=O)c1ccc(N(CC)S(=O)(=O)c2ccc(SC)cc2)cc1. The zero-order chi connectivity index (χ0) is 19.2. The maximum absolute atomic E-state index is 13.0. The summed E-state index contributed by atoms with van der Waals surface area (Å²) in [7, 11) is -3.65. The Kier molecular flexibility index (Phi) is 7.11. The number of nitrogens with zero attached hydrogens (tertiary/aromatic N) is 1. The van der Waals surface area contributed by atoms with Crippen molar-refractivity contribution < 1.29 is 13.2 Å². The normalized spacial score (nSPS) is 11.2. The van der Waals surface area contributed by atoms with E-state index < -0.39 is 10.0 Å². The molecule has 2 aromatic carbocycles. The first-order chi connectivity index (χ1) is 12.4. The van der Waals surface area contributed by atoms with Crippen LogP contribution in [0.5, 0.6) is 0 Å². The maximum Gasteiger partial charge on any atom is 0.264 e. The number of carbonyl (C=O) groups excluding carboxylic acids is 1. The molecule has 1 N–H and O–H groups in total. The number of hydrogen-bond acceptors (Lipinski definition) is 4. The van der Waals surface area contributed by atoms with E-state index in [1.54, 1.807) is 67.2 Å². The minimum Gasteiger partial charge on any atom is -0.352 e. The van der Waals surface area contributed by atoms with Crippen molar-refractivity contribution in [2.24, 2.45) is 0 Å². The number of carbonyl (C=O) groups is 1. The van der Waals surface area contributed by atoms with Crippen LogP contribution >= 0.6 is 11.8 Å². The van der Waals surface area contributed by atoms with Crippen molar-refractivity contribution in [3.63, 3.8) is 0 Å². The van der Waals surface area contributed by atoms with Gasteiger partial charge in [-0.1, -0.05) is 6.92 Å². The van der Waals surface area contributed by atoms with Crippen LogP contribution in [-0.4, -0.2) is 33.7 Å². The van der Waals surface area contributed by atoms with Crippen molar-refractivity contribution in [1.29, 1.82) is 0 Å². The smallest absolute Gasteiger partial charge is 0.264 e. The molecule has 5 nitrogen and oxygen atoms in total. The maximum atomic E-state index is 13.0. The molecular weight excluding hydrogens is 368 g/mol. The Bertz CT molecular complexity index is 832. The number of sulfonamides is 1. The van der Waals surface area contributed by atoms with Crippen molar-refractivity contribution in [3.05, 3.63) is 54.1 Å². The molecular formula is C19H24N2O3S2. The second-order valence-corrected chi connectivity index (χ2v) is 8.39. The number of hydrogen-bond donors (Lipinski definition) is 1. The molecule has 0 saturated heterocycles. The molecule has 0 aliphatic rings. The molecule has 2 rings (SSSR count). The molecule has 0 aromatic heterocycles. The van der Waals surface area contributed by atoms with E-state index in [9.17, 15) is 13.2 Å². The first-order valence-corrected chi connectivity index (χ1v) is 11.2. The van der Waals surface area contributed by atoms with E-state index in [-0.39, 0.29) is 10.8 Å².